The molecule has 2 fully saturated rings. The molecule has 0 radical (unpaired) electrons. The highest BCUT2D eigenvalue weighted by Crippen LogP contribution is 2.45. The predicted octanol–water partition coefficient (Wildman–Crippen LogP) is 7.39. The van der Waals surface area contributed by atoms with Gasteiger partial charge in [0.25, 0.3) is 0 Å². The standard InChI is InChI=1S/C31H28F3NO3/c1-18-14-20(31(32,33)34)10-13-23(18)29(36)19-15-21-11-12-22(16-19)35(21)30(37)38-17-28-26-8-4-2-6-24(26)25-7-3-5-9-27(25)28/h2-10,13-14,19,21-22,28H,11-12,15-17H2,1H3. The number of halogens is 3. The molecule has 7 heteroatoms. The zero-order valence-electron chi connectivity index (χ0n) is 21.0. The number of piperidine rings is 1. The molecule has 3 aliphatic rings. The average Bonchev–Trinajstić information content (AvgIpc) is 3.36. The third kappa shape index (κ3) is 4.18. The van der Waals surface area contributed by atoms with Gasteiger partial charge in [-0.25, -0.2) is 4.79 Å². The van der Waals surface area contributed by atoms with Crippen molar-refractivity contribution in [3.8, 4) is 11.1 Å². The molecule has 0 spiro atoms. The summed E-state index contributed by atoms with van der Waals surface area (Å²) < 4.78 is 45.1. The van der Waals surface area contributed by atoms with Crippen LogP contribution >= 0.6 is 0 Å². The normalized spacial score (nSPS) is 22.2. The molecular weight excluding hydrogens is 491 g/mol. The molecule has 38 heavy (non-hydrogen) atoms. The van der Waals surface area contributed by atoms with E-state index in [1.807, 2.05) is 24.3 Å². The molecule has 1 amide bonds. The molecule has 2 atom stereocenters. The van der Waals surface area contributed by atoms with E-state index in [-0.39, 0.29) is 42.4 Å². The number of carbonyl (C=O) groups excluding carboxylic acids is 2. The Morgan fingerprint density at radius 3 is 2.03 bits per heavy atom. The van der Waals surface area contributed by atoms with E-state index in [9.17, 15) is 22.8 Å². The number of aryl methyl sites for hydroxylation is 1. The van der Waals surface area contributed by atoms with Crippen LogP contribution < -0.4 is 0 Å². The fourth-order valence-corrected chi connectivity index (χ4v) is 6.69. The van der Waals surface area contributed by atoms with Crippen LogP contribution in [0.15, 0.2) is 66.7 Å². The number of carbonyl (C=O) groups is 2. The summed E-state index contributed by atoms with van der Waals surface area (Å²) in [4.78, 5) is 28.4. The highest BCUT2D eigenvalue weighted by molar-refractivity contribution is 5.99. The van der Waals surface area contributed by atoms with E-state index in [0.717, 1.165) is 36.1 Å². The Balaban J connectivity index is 1.13. The van der Waals surface area contributed by atoms with Crippen LogP contribution in [0.5, 0.6) is 0 Å². The molecule has 2 heterocycles. The predicted molar refractivity (Wildman–Crippen MR) is 137 cm³/mol. The number of hydrogen-bond donors (Lipinski definition) is 0. The molecule has 196 valence electrons. The zero-order chi connectivity index (χ0) is 26.6. The largest absolute Gasteiger partial charge is 0.448 e. The number of Topliss-reactive ketones (excluding diaryl/α,β-unsaturated/α-hetero) is 1. The Labute approximate surface area is 219 Å². The van der Waals surface area contributed by atoms with Crippen molar-refractivity contribution in [1.29, 1.82) is 0 Å². The van der Waals surface area contributed by atoms with Crippen molar-refractivity contribution < 1.29 is 27.5 Å². The van der Waals surface area contributed by atoms with Crippen molar-refractivity contribution in [2.24, 2.45) is 5.92 Å². The lowest BCUT2D eigenvalue weighted by atomic mass is 9.83. The summed E-state index contributed by atoms with van der Waals surface area (Å²) in [7, 11) is 0. The van der Waals surface area contributed by atoms with Gasteiger partial charge in [0.2, 0.25) is 0 Å². The lowest BCUT2D eigenvalue weighted by Gasteiger charge is -2.38. The molecule has 2 saturated heterocycles. The third-order valence-electron chi connectivity index (χ3n) is 8.47. The summed E-state index contributed by atoms with van der Waals surface area (Å²) in [5, 5.41) is 0. The topological polar surface area (TPSA) is 46.6 Å². The molecule has 2 unspecified atom stereocenters. The molecule has 0 aromatic heterocycles. The van der Waals surface area contributed by atoms with Gasteiger partial charge in [0.1, 0.15) is 6.61 Å². The molecule has 0 saturated carbocycles. The van der Waals surface area contributed by atoms with Crippen LogP contribution in [-0.2, 0) is 10.9 Å². The zero-order valence-corrected chi connectivity index (χ0v) is 21.0. The van der Waals surface area contributed by atoms with Crippen molar-refractivity contribution >= 4 is 11.9 Å². The summed E-state index contributed by atoms with van der Waals surface area (Å²) in [6.45, 7) is 1.79. The Hall–Kier alpha value is -3.61. The second kappa shape index (κ2) is 9.29. The van der Waals surface area contributed by atoms with Crippen LogP contribution in [0.4, 0.5) is 18.0 Å². The van der Waals surface area contributed by atoms with E-state index in [1.54, 1.807) is 11.8 Å². The SMILES string of the molecule is Cc1cc(C(F)(F)F)ccc1C(=O)C1CC2CCC(C1)N2C(=O)OCC1c2ccccc2-c2ccccc21. The summed E-state index contributed by atoms with van der Waals surface area (Å²) in [6.07, 6.45) is -2.20. The Morgan fingerprint density at radius 2 is 1.47 bits per heavy atom. The minimum Gasteiger partial charge on any atom is -0.448 e. The Morgan fingerprint density at radius 1 is 0.895 bits per heavy atom. The highest BCUT2D eigenvalue weighted by atomic mass is 19.4. The molecule has 1 aliphatic carbocycles. The maximum atomic E-state index is 13.3. The summed E-state index contributed by atoms with van der Waals surface area (Å²) in [5.74, 6) is -0.480. The fraction of sp³-hybridized carbons (Fsp3) is 0.355. The lowest BCUT2D eigenvalue weighted by Crippen LogP contribution is -2.48. The van der Waals surface area contributed by atoms with Gasteiger partial charge in [-0.3, -0.25) is 4.79 Å². The number of fused-ring (bicyclic) bond motifs is 5. The van der Waals surface area contributed by atoms with E-state index in [0.29, 0.717) is 24.0 Å². The molecule has 3 aromatic rings. The minimum absolute atomic E-state index is 0.0224. The van der Waals surface area contributed by atoms with Crippen LogP contribution in [0.1, 0.15) is 64.2 Å². The second-order valence-corrected chi connectivity index (χ2v) is 10.7. The molecule has 4 nitrogen and oxygen atoms in total. The Bertz CT molecular complexity index is 1360. The number of ether oxygens (including phenoxy) is 1. The van der Waals surface area contributed by atoms with Gasteiger partial charge in [0, 0.05) is 29.5 Å². The third-order valence-corrected chi connectivity index (χ3v) is 8.47. The van der Waals surface area contributed by atoms with Gasteiger partial charge >= 0.3 is 12.3 Å². The quantitative estimate of drug-likeness (QED) is 0.338. The number of rotatable bonds is 4. The molecule has 3 aromatic carbocycles. The van der Waals surface area contributed by atoms with Gasteiger partial charge in [-0.05, 0) is 72.6 Å². The lowest BCUT2D eigenvalue weighted by molar-refractivity contribution is -0.137. The van der Waals surface area contributed by atoms with Gasteiger partial charge in [-0.2, -0.15) is 13.2 Å². The first-order chi connectivity index (χ1) is 18.2. The maximum Gasteiger partial charge on any atom is 0.416 e. The highest BCUT2D eigenvalue weighted by Gasteiger charge is 2.46. The van der Waals surface area contributed by atoms with Crippen molar-refractivity contribution in [2.45, 2.75) is 56.8 Å². The molecule has 0 N–H and O–H groups in total. The van der Waals surface area contributed by atoms with Crippen LogP contribution in [0, 0.1) is 12.8 Å². The van der Waals surface area contributed by atoms with Gasteiger partial charge < -0.3 is 9.64 Å². The summed E-state index contributed by atoms with van der Waals surface area (Å²) >= 11 is 0. The fourth-order valence-electron chi connectivity index (χ4n) is 6.69. The number of amides is 1. The van der Waals surface area contributed by atoms with Gasteiger partial charge in [0.15, 0.2) is 5.78 Å². The van der Waals surface area contributed by atoms with Gasteiger partial charge in [-0.15, -0.1) is 0 Å². The first kappa shape index (κ1) is 24.7. The maximum absolute atomic E-state index is 13.3. The first-order valence-corrected chi connectivity index (χ1v) is 13.1. The second-order valence-electron chi connectivity index (χ2n) is 10.7. The number of ketones is 1. The van der Waals surface area contributed by atoms with E-state index in [4.69, 9.17) is 4.74 Å². The van der Waals surface area contributed by atoms with Crippen molar-refractivity contribution in [2.75, 3.05) is 6.61 Å². The first-order valence-electron chi connectivity index (χ1n) is 13.1. The smallest absolute Gasteiger partial charge is 0.416 e. The average molecular weight is 520 g/mol. The van der Waals surface area contributed by atoms with E-state index in [1.165, 1.54) is 17.2 Å². The van der Waals surface area contributed by atoms with E-state index in [2.05, 4.69) is 24.3 Å². The van der Waals surface area contributed by atoms with Gasteiger partial charge in [-0.1, -0.05) is 54.6 Å². The molecular formula is C31H28F3NO3. The molecule has 2 bridgehead atoms. The number of hydrogen-bond acceptors (Lipinski definition) is 3. The van der Waals surface area contributed by atoms with Crippen LogP contribution in [0.25, 0.3) is 11.1 Å². The number of benzene rings is 3. The summed E-state index contributed by atoms with van der Waals surface area (Å²) in [6, 6.07) is 19.5. The van der Waals surface area contributed by atoms with Crippen molar-refractivity contribution in [1.82, 2.24) is 4.90 Å². The van der Waals surface area contributed by atoms with E-state index < -0.39 is 11.7 Å². The Kier molecular flexibility index (Phi) is 6.04. The number of alkyl halides is 3. The molecule has 2 aliphatic heterocycles. The molecule has 6 rings (SSSR count). The van der Waals surface area contributed by atoms with E-state index >= 15 is 0 Å². The number of nitrogens with zero attached hydrogens (tertiary/aromatic N) is 1. The van der Waals surface area contributed by atoms with Crippen molar-refractivity contribution in [3.63, 3.8) is 0 Å². The minimum atomic E-state index is -4.44. The van der Waals surface area contributed by atoms with Gasteiger partial charge in [0.05, 0.1) is 5.56 Å². The summed E-state index contributed by atoms with van der Waals surface area (Å²) in [5.41, 5.74) is 4.55. The van der Waals surface area contributed by atoms with Crippen molar-refractivity contribution in [3.05, 3.63) is 94.5 Å². The van der Waals surface area contributed by atoms with Crippen LogP contribution in [-0.4, -0.2) is 35.5 Å². The van der Waals surface area contributed by atoms with Crippen LogP contribution in [0.3, 0.4) is 0 Å². The van der Waals surface area contributed by atoms with Crippen LogP contribution in [0.2, 0.25) is 0 Å². The monoisotopic (exact) mass is 519 g/mol.